The van der Waals surface area contributed by atoms with Gasteiger partial charge in [-0.05, 0) is 38.8 Å². The highest BCUT2D eigenvalue weighted by molar-refractivity contribution is 7.89. The summed E-state index contributed by atoms with van der Waals surface area (Å²) in [7, 11) is -2.71. The summed E-state index contributed by atoms with van der Waals surface area (Å²) in [6, 6.07) is 5.87. The summed E-state index contributed by atoms with van der Waals surface area (Å²) in [4.78, 5) is 35.7. The summed E-state index contributed by atoms with van der Waals surface area (Å²) in [5.74, 6) is -1.63. The summed E-state index contributed by atoms with van der Waals surface area (Å²) in [5, 5.41) is 5.28. The second-order valence-corrected chi connectivity index (χ2v) is 9.01. The molecule has 0 atom stereocenters. The minimum absolute atomic E-state index is 0.0132. The lowest BCUT2D eigenvalue weighted by Crippen LogP contribution is -2.45. The first kappa shape index (κ1) is 22.8. The molecule has 1 aliphatic heterocycles. The van der Waals surface area contributed by atoms with Crippen molar-refractivity contribution in [2.24, 2.45) is 5.92 Å². The van der Waals surface area contributed by atoms with Crippen LogP contribution in [0.1, 0.15) is 37.0 Å². The molecule has 0 spiro atoms. The Kier molecular flexibility index (Phi) is 7.74. The Morgan fingerprint density at radius 2 is 1.79 bits per heavy atom. The SMILES string of the molecule is COC(=O)c1ccccc1S(=O)(=O)N1CCC(C(=O)NCC(=O)NC(C)C)CC1. The third kappa shape index (κ3) is 5.77. The average molecular weight is 426 g/mol. The normalized spacial score (nSPS) is 15.7. The van der Waals surface area contributed by atoms with Gasteiger partial charge in [-0.1, -0.05) is 12.1 Å². The molecule has 1 fully saturated rings. The standard InChI is InChI=1S/C19H27N3O6S/c1-13(2)21-17(23)12-20-18(24)14-8-10-22(11-9-14)29(26,27)16-7-5-4-6-15(16)19(25)28-3/h4-7,13-14H,8-12H2,1-3H3,(H,20,24)(H,21,23). The van der Waals surface area contributed by atoms with Crippen LogP contribution in [0.25, 0.3) is 0 Å². The zero-order chi connectivity index (χ0) is 21.6. The van der Waals surface area contributed by atoms with Crippen LogP contribution in [0.4, 0.5) is 0 Å². The van der Waals surface area contributed by atoms with Crippen molar-refractivity contribution in [3.8, 4) is 0 Å². The maximum atomic E-state index is 13.0. The molecule has 0 aliphatic carbocycles. The molecule has 1 aliphatic rings. The molecule has 2 N–H and O–H groups in total. The first-order valence-electron chi connectivity index (χ1n) is 9.41. The van der Waals surface area contributed by atoms with E-state index >= 15 is 0 Å². The monoisotopic (exact) mass is 425 g/mol. The van der Waals surface area contributed by atoms with Crippen LogP contribution in [0.15, 0.2) is 29.2 Å². The number of amides is 2. The van der Waals surface area contributed by atoms with Gasteiger partial charge in [-0.25, -0.2) is 13.2 Å². The van der Waals surface area contributed by atoms with E-state index in [-0.39, 0.29) is 53.9 Å². The Balaban J connectivity index is 1.99. The van der Waals surface area contributed by atoms with Gasteiger partial charge >= 0.3 is 5.97 Å². The highest BCUT2D eigenvalue weighted by Crippen LogP contribution is 2.26. The molecular weight excluding hydrogens is 398 g/mol. The van der Waals surface area contributed by atoms with Crippen LogP contribution in [-0.4, -0.2) is 63.3 Å². The van der Waals surface area contributed by atoms with Gasteiger partial charge in [0.25, 0.3) is 0 Å². The average Bonchev–Trinajstić information content (AvgIpc) is 2.71. The van der Waals surface area contributed by atoms with E-state index in [1.165, 1.54) is 23.5 Å². The minimum atomic E-state index is -3.90. The quantitative estimate of drug-likeness (QED) is 0.614. The molecule has 0 saturated carbocycles. The van der Waals surface area contributed by atoms with Gasteiger partial charge in [0.1, 0.15) is 0 Å². The molecule has 0 radical (unpaired) electrons. The van der Waals surface area contributed by atoms with Crippen LogP contribution in [0.5, 0.6) is 0 Å². The number of hydrogen-bond donors (Lipinski definition) is 2. The smallest absolute Gasteiger partial charge is 0.339 e. The number of piperidine rings is 1. The van der Waals surface area contributed by atoms with E-state index in [1.807, 2.05) is 13.8 Å². The molecule has 160 valence electrons. The summed E-state index contributed by atoms with van der Waals surface area (Å²) in [6.45, 7) is 3.84. The molecule has 0 bridgehead atoms. The fraction of sp³-hybridized carbons (Fsp3) is 0.526. The summed E-state index contributed by atoms with van der Waals surface area (Å²) in [5.41, 5.74) is -0.0222. The third-order valence-corrected chi connectivity index (χ3v) is 6.56. The third-order valence-electron chi connectivity index (χ3n) is 4.61. The van der Waals surface area contributed by atoms with Crippen LogP contribution in [-0.2, 0) is 24.3 Å². The van der Waals surface area contributed by atoms with E-state index in [0.717, 1.165) is 0 Å². The topological polar surface area (TPSA) is 122 Å². The molecule has 0 unspecified atom stereocenters. The molecule has 1 aromatic rings. The predicted octanol–water partition coefficient (Wildman–Crippen LogP) is 0.515. The van der Waals surface area contributed by atoms with Crippen molar-refractivity contribution in [1.29, 1.82) is 0 Å². The van der Waals surface area contributed by atoms with Gasteiger partial charge in [0.2, 0.25) is 21.8 Å². The number of sulfonamides is 1. The zero-order valence-corrected chi connectivity index (χ0v) is 17.6. The number of carbonyl (C=O) groups excluding carboxylic acids is 3. The van der Waals surface area contributed by atoms with E-state index in [2.05, 4.69) is 15.4 Å². The number of hydrogen-bond acceptors (Lipinski definition) is 6. The second-order valence-electron chi connectivity index (χ2n) is 7.11. The van der Waals surface area contributed by atoms with Gasteiger partial charge in [0.05, 0.1) is 24.1 Å². The number of carbonyl (C=O) groups is 3. The summed E-state index contributed by atoms with van der Waals surface area (Å²) >= 11 is 0. The van der Waals surface area contributed by atoms with Gasteiger partial charge in [-0.3, -0.25) is 9.59 Å². The highest BCUT2D eigenvalue weighted by atomic mass is 32.2. The predicted molar refractivity (Wildman–Crippen MR) is 106 cm³/mol. The molecule has 10 heteroatoms. The van der Waals surface area contributed by atoms with Gasteiger partial charge in [0, 0.05) is 25.0 Å². The molecular formula is C19H27N3O6S. The van der Waals surface area contributed by atoms with E-state index in [9.17, 15) is 22.8 Å². The van der Waals surface area contributed by atoms with Crippen molar-refractivity contribution in [3.05, 3.63) is 29.8 Å². The van der Waals surface area contributed by atoms with Gasteiger partial charge in [-0.2, -0.15) is 4.31 Å². The fourth-order valence-electron chi connectivity index (χ4n) is 3.15. The van der Waals surface area contributed by atoms with Gasteiger partial charge < -0.3 is 15.4 Å². The Bertz CT molecular complexity index is 860. The first-order valence-corrected chi connectivity index (χ1v) is 10.9. The van der Waals surface area contributed by atoms with E-state index in [1.54, 1.807) is 12.1 Å². The maximum absolute atomic E-state index is 13.0. The molecule has 2 amide bonds. The Morgan fingerprint density at radius 1 is 1.17 bits per heavy atom. The van der Waals surface area contributed by atoms with E-state index in [4.69, 9.17) is 0 Å². The second kappa shape index (κ2) is 9.84. The van der Waals surface area contributed by atoms with Crippen molar-refractivity contribution in [2.75, 3.05) is 26.7 Å². The van der Waals surface area contributed by atoms with Gasteiger partial charge in [-0.15, -0.1) is 0 Å². The van der Waals surface area contributed by atoms with Crippen molar-refractivity contribution in [3.63, 3.8) is 0 Å². The number of nitrogens with zero attached hydrogens (tertiary/aromatic N) is 1. The summed E-state index contributed by atoms with van der Waals surface area (Å²) < 4.78 is 31.9. The number of methoxy groups -OCH3 is 1. The highest BCUT2D eigenvalue weighted by Gasteiger charge is 2.34. The molecule has 1 heterocycles. The number of esters is 1. The van der Waals surface area contributed by atoms with E-state index in [0.29, 0.717) is 12.8 Å². The van der Waals surface area contributed by atoms with Crippen LogP contribution in [0.2, 0.25) is 0 Å². The minimum Gasteiger partial charge on any atom is -0.465 e. The van der Waals surface area contributed by atoms with Crippen molar-refractivity contribution < 1.29 is 27.5 Å². The Hall–Kier alpha value is -2.46. The van der Waals surface area contributed by atoms with Crippen LogP contribution >= 0.6 is 0 Å². The van der Waals surface area contributed by atoms with Crippen LogP contribution in [0.3, 0.4) is 0 Å². The van der Waals surface area contributed by atoms with Gasteiger partial charge in [0.15, 0.2) is 0 Å². The summed E-state index contributed by atoms with van der Waals surface area (Å²) in [6.07, 6.45) is 0.661. The van der Waals surface area contributed by atoms with E-state index < -0.39 is 16.0 Å². The lowest BCUT2D eigenvalue weighted by Gasteiger charge is -2.30. The lowest BCUT2D eigenvalue weighted by molar-refractivity contribution is -0.129. The number of nitrogens with one attached hydrogen (secondary N) is 2. The Morgan fingerprint density at radius 3 is 2.38 bits per heavy atom. The first-order chi connectivity index (χ1) is 13.7. The molecule has 0 aromatic heterocycles. The molecule has 2 rings (SSSR count). The largest absolute Gasteiger partial charge is 0.465 e. The lowest BCUT2D eigenvalue weighted by atomic mass is 9.97. The number of benzene rings is 1. The molecule has 1 aromatic carbocycles. The number of rotatable bonds is 7. The van der Waals surface area contributed by atoms with Crippen molar-refractivity contribution >= 4 is 27.8 Å². The van der Waals surface area contributed by atoms with Crippen molar-refractivity contribution in [1.82, 2.24) is 14.9 Å². The maximum Gasteiger partial charge on any atom is 0.339 e. The number of ether oxygens (including phenoxy) is 1. The van der Waals surface area contributed by atoms with Crippen molar-refractivity contribution in [2.45, 2.75) is 37.6 Å². The molecule has 1 saturated heterocycles. The molecule has 29 heavy (non-hydrogen) atoms. The fourth-order valence-corrected chi connectivity index (χ4v) is 4.80. The zero-order valence-electron chi connectivity index (χ0n) is 16.8. The Labute approximate surface area is 170 Å². The van der Waals surface area contributed by atoms with Crippen LogP contribution in [0, 0.1) is 5.92 Å². The molecule has 9 nitrogen and oxygen atoms in total. The van der Waals surface area contributed by atoms with Crippen LogP contribution < -0.4 is 10.6 Å².